The molecule has 0 saturated heterocycles. The summed E-state index contributed by atoms with van der Waals surface area (Å²) in [6.07, 6.45) is 3.60. The van der Waals surface area contributed by atoms with Crippen LogP contribution >= 0.6 is 0 Å². The van der Waals surface area contributed by atoms with Gasteiger partial charge in [0.1, 0.15) is 5.75 Å². The van der Waals surface area contributed by atoms with E-state index in [1.165, 1.54) is 19.3 Å². The third kappa shape index (κ3) is 4.89. The van der Waals surface area contributed by atoms with Gasteiger partial charge in [0.2, 0.25) is 0 Å². The lowest BCUT2D eigenvalue weighted by atomic mass is 10.1. The van der Waals surface area contributed by atoms with Crippen LogP contribution in [0.1, 0.15) is 43.5 Å². The first-order chi connectivity index (χ1) is 8.13. The molecule has 1 aromatic rings. The fourth-order valence-electron chi connectivity index (χ4n) is 1.57. The molecule has 1 atom stereocenters. The Morgan fingerprint density at radius 1 is 1.35 bits per heavy atom. The molecule has 0 radical (unpaired) electrons. The van der Waals surface area contributed by atoms with E-state index in [1.807, 2.05) is 0 Å². The number of hydrogen-bond acceptors (Lipinski definition) is 2. The number of carboxylic acids is 1. The maximum atomic E-state index is 10.7. The molecule has 0 amide bonds. The van der Waals surface area contributed by atoms with Crippen molar-refractivity contribution in [3.8, 4) is 5.75 Å². The highest BCUT2D eigenvalue weighted by atomic mass is 16.5. The zero-order valence-electron chi connectivity index (χ0n) is 10.5. The molecular weight excluding hydrogens is 216 g/mol. The fourth-order valence-corrected chi connectivity index (χ4v) is 1.57. The maximum Gasteiger partial charge on any atom is 0.335 e. The van der Waals surface area contributed by atoms with E-state index in [1.54, 1.807) is 24.3 Å². The lowest BCUT2D eigenvalue weighted by Gasteiger charge is -2.12. The van der Waals surface area contributed by atoms with Crippen LogP contribution in [0.4, 0.5) is 0 Å². The summed E-state index contributed by atoms with van der Waals surface area (Å²) in [5.41, 5.74) is 0.288. The summed E-state index contributed by atoms with van der Waals surface area (Å²) in [5, 5.41) is 8.75. The molecule has 1 unspecified atom stereocenters. The minimum absolute atomic E-state index is 0.288. The fraction of sp³-hybridized carbons (Fsp3) is 0.500. The van der Waals surface area contributed by atoms with E-state index in [9.17, 15) is 4.79 Å². The Kier molecular flexibility index (Phi) is 5.53. The van der Waals surface area contributed by atoms with Crippen LogP contribution < -0.4 is 4.74 Å². The first-order valence-corrected chi connectivity index (χ1v) is 6.09. The summed E-state index contributed by atoms with van der Waals surface area (Å²) in [6, 6.07) is 6.54. The van der Waals surface area contributed by atoms with Gasteiger partial charge in [-0.2, -0.15) is 0 Å². The zero-order chi connectivity index (χ0) is 12.7. The van der Waals surface area contributed by atoms with E-state index in [2.05, 4.69) is 13.8 Å². The number of aromatic carboxylic acids is 1. The molecule has 17 heavy (non-hydrogen) atoms. The van der Waals surface area contributed by atoms with Crippen molar-refractivity contribution >= 4 is 5.97 Å². The number of unbranched alkanes of at least 4 members (excludes halogenated alkanes) is 1. The van der Waals surface area contributed by atoms with Crippen LogP contribution in [0, 0.1) is 5.92 Å². The van der Waals surface area contributed by atoms with Gasteiger partial charge in [-0.3, -0.25) is 0 Å². The Hall–Kier alpha value is -1.51. The average Bonchev–Trinajstić information content (AvgIpc) is 2.34. The number of carboxylic acid groups (broad SMARTS) is 1. The van der Waals surface area contributed by atoms with E-state index in [4.69, 9.17) is 9.84 Å². The van der Waals surface area contributed by atoms with Gasteiger partial charge in [-0.1, -0.05) is 26.7 Å². The van der Waals surface area contributed by atoms with Crippen LogP contribution in [0.3, 0.4) is 0 Å². The van der Waals surface area contributed by atoms with Crippen molar-refractivity contribution < 1.29 is 14.6 Å². The minimum atomic E-state index is -0.909. The van der Waals surface area contributed by atoms with Crippen molar-refractivity contribution in [2.45, 2.75) is 33.1 Å². The van der Waals surface area contributed by atoms with Crippen molar-refractivity contribution in [2.75, 3.05) is 6.61 Å². The van der Waals surface area contributed by atoms with Crippen LogP contribution in [0.2, 0.25) is 0 Å². The molecule has 0 bridgehead atoms. The van der Waals surface area contributed by atoms with Crippen molar-refractivity contribution in [2.24, 2.45) is 5.92 Å². The normalized spacial score (nSPS) is 12.1. The van der Waals surface area contributed by atoms with Gasteiger partial charge in [0, 0.05) is 0 Å². The molecule has 94 valence electrons. The van der Waals surface area contributed by atoms with Gasteiger partial charge in [-0.25, -0.2) is 4.79 Å². The minimum Gasteiger partial charge on any atom is -0.493 e. The van der Waals surface area contributed by atoms with Crippen molar-refractivity contribution in [3.05, 3.63) is 29.8 Å². The lowest BCUT2D eigenvalue weighted by molar-refractivity contribution is 0.0697. The van der Waals surface area contributed by atoms with Gasteiger partial charge in [0.25, 0.3) is 0 Å². The molecule has 1 aromatic carbocycles. The highest BCUT2D eigenvalue weighted by molar-refractivity contribution is 5.87. The molecule has 1 rings (SSSR count). The van der Waals surface area contributed by atoms with Crippen LogP contribution in [0.25, 0.3) is 0 Å². The summed E-state index contributed by atoms with van der Waals surface area (Å²) in [7, 11) is 0. The van der Waals surface area contributed by atoms with Crippen molar-refractivity contribution in [1.82, 2.24) is 0 Å². The second-order valence-electron chi connectivity index (χ2n) is 4.39. The smallest absolute Gasteiger partial charge is 0.335 e. The summed E-state index contributed by atoms with van der Waals surface area (Å²) in [4.78, 5) is 10.7. The number of rotatable bonds is 7. The third-order valence-corrected chi connectivity index (χ3v) is 2.69. The topological polar surface area (TPSA) is 46.5 Å². The molecular formula is C14H20O3. The predicted octanol–water partition coefficient (Wildman–Crippen LogP) is 3.59. The van der Waals surface area contributed by atoms with Gasteiger partial charge in [0.05, 0.1) is 12.2 Å². The second-order valence-corrected chi connectivity index (χ2v) is 4.39. The first kappa shape index (κ1) is 13.6. The zero-order valence-corrected chi connectivity index (χ0v) is 10.5. The van der Waals surface area contributed by atoms with Crippen LogP contribution in [0.15, 0.2) is 24.3 Å². The predicted molar refractivity (Wildman–Crippen MR) is 67.6 cm³/mol. The second kappa shape index (κ2) is 6.94. The lowest BCUT2D eigenvalue weighted by Crippen LogP contribution is -2.08. The Balaban J connectivity index is 2.39. The number of carbonyl (C=O) groups is 1. The SMILES string of the molecule is CCCCC(C)COc1ccc(C(=O)O)cc1. The van der Waals surface area contributed by atoms with Gasteiger partial charge in [0.15, 0.2) is 0 Å². The van der Waals surface area contributed by atoms with Gasteiger partial charge < -0.3 is 9.84 Å². The standard InChI is InChI=1S/C14H20O3/c1-3-4-5-11(2)10-17-13-8-6-12(7-9-13)14(15)16/h6-9,11H,3-5,10H2,1-2H3,(H,15,16). The third-order valence-electron chi connectivity index (χ3n) is 2.69. The largest absolute Gasteiger partial charge is 0.493 e. The Bertz CT molecular complexity index is 343. The molecule has 0 aromatic heterocycles. The van der Waals surface area contributed by atoms with E-state index >= 15 is 0 Å². The summed E-state index contributed by atoms with van der Waals surface area (Å²) in [6.45, 7) is 5.03. The van der Waals surface area contributed by atoms with Crippen LogP contribution in [-0.4, -0.2) is 17.7 Å². The monoisotopic (exact) mass is 236 g/mol. The Labute approximate surface area is 102 Å². The number of benzene rings is 1. The highest BCUT2D eigenvalue weighted by Gasteiger charge is 2.04. The molecule has 0 fully saturated rings. The van der Waals surface area contributed by atoms with Crippen molar-refractivity contribution in [3.63, 3.8) is 0 Å². The van der Waals surface area contributed by atoms with Crippen LogP contribution in [0.5, 0.6) is 5.75 Å². The Morgan fingerprint density at radius 2 is 2.00 bits per heavy atom. The quantitative estimate of drug-likeness (QED) is 0.787. The molecule has 0 aliphatic carbocycles. The molecule has 0 saturated carbocycles. The average molecular weight is 236 g/mol. The van der Waals surface area contributed by atoms with E-state index in [0.29, 0.717) is 12.5 Å². The maximum absolute atomic E-state index is 10.7. The summed E-state index contributed by atoms with van der Waals surface area (Å²) < 4.78 is 5.61. The Morgan fingerprint density at radius 3 is 2.53 bits per heavy atom. The molecule has 0 spiro atoms. The van der Waals surface area contributed by atoms with E-state index < -0.39 is 5.97 Å². The first-order valence-electron chi connectivity index (χ1n) is 6.09. The molecule has 3 heteroatoms. The summed E-state index contributed by atoms with van der Waals surface area (Å²) >= 11 is 0. The van der Waals surface area contributed by atoms with E-state index in [-0.39, 0.29) is 5.56 Å². The van der Waals surface area contributed by atoms with Crippen molar-refractivity contribution in [1.29, 1.82) is 0 Å². The molecule has 0 aliphatic heterocycles. The number of ether oxygens (including phenoxy) is 1. The highest BCUT2D eigenvalue weighted by Crippen LogP contribution is 2.15. The van der Waals surface area contributed by atoms with Crippen LogP contribution in [-0.2, 0) is 0 Å². The molecule has 0 aliphatic rings. The van der Waals surface area contributed by atoms with E-state index in [0.717, 1.165) is 5.75 Å². The van der Waals surface area contributed by atoms with Gasteiger partial charge in [-0.15, -0.1) is 0 Å². The van der Waals surface area contributed by atoms with Gasteiger partial charge >= 0.3 is 5.97 Å². The summed E-state index contributed by atoms with van der Waals surface area (Å²) in [5.74, 6) is 0.361. The van der Waals surface area contributed by atoms with Gasteiger partial charge in [-0.05, 0) is 36.6 Å². The molecule has 1 N–H and O–H groups in total. The number of hydrogen-bond donors (Lipinski definition) is 1. The molecule has 3 nitrogen and oxygen atoms in total. The molecule has 0 heterocycles.